The molecule has 0 spiro atoms. The van der Waals surface area contributed by atoms with E-state index in [4.69, 9.17) is 4.74 Å². The molecule has 0 aliphatic rings. The minimum absolute atomic E-state index is 0.0365. The Morgan fingerprint density at radius 3 is 1.50 bits per heavy atom. The van der Waals surface area contributed by atoms with Crippen LogP contribution in [0.5, 0.6) is 0 Å². The maximum absolute atomic E-state index is 12.3. The van der Waals surface area contributed by atoms with Crippen LogP contribution in [0.3, 0.4) is 0 Å². The molecule has 54 heavy (non-hydrogen) atoms. The number of benzene rings is 6. The second-order valence-electron chi connectivity index (χ2n) is 15.0. The number of fused-ring (bicyclic) bond motifs is 1. The van der Waals surface area contributed by atoms with E-state index < -0.39 is 0 Å². The molecule has 6 rings (SSSR count). The van der Waals surface area contributed by atoms with Crippen LogP contribution in [-0.4, -0.2) is 18.1 Å². The Bertz CT molecular complexity index is 2170. The fourth-order valence-corrected chi connectivity index (χ4v) is 7.55. The number of ether oxygens (including phenoxy) is 1. The highest BCUT2D eigenvalue weighted by Gasteiger charge is 2.23. The lowest BCUT2D eigenvalue weighted by molar-refractivity contribution is -0.143. The van der Waals surface area contributed by atoms with E-state index in [1.807, 2.05) is 13.8 Å². The van der Waals surface area contributed by atoms with Crippen LogP contribution in [0.25, 0.3) is 10.8 Å². The van der Waals surface area contributed by atoms with Crippen molar-refractivity contribution in [1.29, 1.82) is 0 Å². The molecule has 0 saturated heterocycles. The zero-order valence-electron chi connectivity index (χ0n) is 33.1. The highest BCUT2D eigenvalue weighted by Crippen LogP contribution is 2.40. The van der Waals surface area contributed by atoms with Gasteiger partial charge in [-0.2, -0.15) is 0 Å². The van der Waals surface area contributed by atoms with Gasteiger partial charge in [0.15, 0.2) is 0 Å². The van der Waals surface area contributed by atoms with Crippen molar-refractivity contribution >= 4 is 45.2 Å². The molecule has 0 aliphatic heterocycles. The molecule has 0 saturated carbocycles. The third kappa shape index (κ3) is 8.36. The maximum atomic E-state index is 12.3. The van der Waals surface area contributed by atoms with Gasteiger partial charge in [0.25, 0.3) is 0 Å². The predicted octanol–water partition coefficient (Wildman–Crippen LogP) is 12.7. The lowest BCUT2D eigenvalue weighted by atomic mass is 9.82. The van der Waals surface area contributed by atoms with E-state index in [1.165, 1.54) is 50.1 Å². The van der Waals surface area contributed by atoms with Gasteiger partial charge in [-0.25, -0.2) is 4.79 Å². The number of nitrogens with one attached hydrogen (secondary N) is 3. The van der Waals surface area contributed by atoms with Crippen molar-refractivity contribution in [2.24, 2.45) is 0 Å². The van der Waals surface area contributed by atoms with Crippen LogP contribution in [0, 0.1) is 41.5 Å². The summed E-state index contributed by atoms with van der Waals surface area (Å²) in [5, 5.41) is 13.3. The normalized spacial score (nSPS) is 12.3. The molecule has 0 heterocycles. The zero-order chi connectivity index (χ0) is 38.7. The molecule has 6 aromatic carbocycles. The summed E-state index contributed by atoms with van der Waals surface area (Å²) in [7, 11) is 0. The molecule has 0 aliphatic carbocycles. The van der Waals surface area contributed by atoms with Crippen molar-refractivity contribution in [1.82, 2.24) is 0 Å². The topological polar surface area (TPSA) is 62.4 Å². The Labute approximate surface area is 321 Å². The number of carbonyl (C=O) groups is 1. The van der Waals surface area contributed by atoms with E-state index in [0.717, 1.165) is 39.2 Å². The maximum Gasteiger partial charge on any atom is 0.333 e. The Kier molecular flexibility index (Phi) is 11.3. The van der Waals surface area contributed by atoms with Crippen LogP contribution in [0.2, 0.25) is 0 Å². The largest absolute Gasteiger partial charge is 0.457 e. The number of carbonyl (C=O) groups excluding carboxylic acids is 1. The van der Waals surface area contributed by atoms with Gasteiger partial charge in [0, 0.05) is 45.3 Å². The highest BCUT2D eigenvalue weighted by atomic mass is 16.5. The quantitative estimate of drug-likeness (QED) is 0.0669. The van der Waals surface area contributed by atoms with Crippen LogP contribution in [-0.2, 0) is 9.53 Å². The van der Waals surface area contributed by atoms with Crippen LogP contribution < -0.4 is 16.0 Å². The molecule has 0 fully saturated rings. The molecule has 5 nitrogen and oxygen atoms in total. The second kappa shape index (κ2) is 16.1. The van der Waals surface area contributed by atoms with Crippen molar-refractivity contribution in [2.75, 3.05) is 16.0 Å². The van der Waals surface area contributed by atoms with E-state index in [1.54, 1.807) is 6.92 Å². The van der Waals surface area contributed by atoms with E-state index >= 15 is 0 Å². The number of anilines is 5. The van der Waals surface area contributed by atoms with Gasteiger partial charge in [-0.15, -0.1) is 0 Å². The molecule has 2 unspecified atom stereocenters. The summed E-state index contributed by atoms with van der Waals surface area (Å²) in [5.74, 6) is -0.416. The van der Waals surface area contributed by atoms with Gasteiger partial charge in [0.1, 0.15) is 6.10 Å². The number of hydrogen-bond donors (Lipinski definition) is 3. The lowest BCUT2D eigenvalue weighted by Gasteiger charge is -2.26. The molecular weight excluding hydrogens is 663 g/mol. The van der Waals surface area contributed by atoms with E-state index in [-0.39, 0.29) is 24.0 Å². The number of esters is 1. The molecule has 276 valence electrons. The van der Waals surface area contributed by atoms with E-state index in [2.05, 4.69) is 173 Å². The van der Waals surface area contributed by atoms with Crippen LogP contribution in [0.4, 0.5) is 28.4 Å². The standard InChI is InChI=1S/C49H53N3O2/c1-29(2)49(53)54-37(10)36(9)50-45-24-23-44(42-13-11-12-14-43(42)45)46(38-15-19-40(20-16-38)51-47-32(5)25-30(3)26-33(47)6)39-17-21-41(22-18-39)52-48-34(7)27-31(4)28-35(48)8/h11-28,36-37,46,50-52H,1H2,2-10H3. The van der Waals surface area contributed by atoms with Gasteiger partial charge in [-0.05, 0) is 137 Å². The predicted molar refractivity (Wildman–Crippen MR) is 229 cm³/mol. The minimum atomic E-state index is -0.380. The summed E-state index contributed by atoms with van der Waals surface area (Å²) < 4.78 is 5.65. The highest BCUT2D eigenvalue weighted by molar-refractivity contribution is 5.97. The molecule has 0 bridgehead atoms. The van der Waals surface area contributed by atoms with E-state index in [9.17, 15) is 4.79 Å². The minimum Gasteiger partial charge on any atom is -0.457 e. The van der Waals surface area contributed by atoms with Crippen molar-refractivity contribution in [3.8, 4) is 0 Å². The Balaban J connectivity index is 1.39. The molecule has 2 atom stereocenters. The first-order valence-corrected chi connectivity index (χ1v) is 18.8. The third-order valence-corrected chi connectivity index (χ3v) is 10.4. The first kappa shape index (κ1) is 37.9. The van der Waals surface area contributed by atoms with Crippen LogP contribution >= 0.6 is 0 Å². The van der Waals surface area contributed by atoms with E-state index in [0.29, 0.717) is 5.57 Å². The molecule has 5 heteroatoms. The van der Waals surface area contributed by atoms with Gasteiger partial charge in [-0.1, -0.05) is 96.6 Å². The average Bonchev–Trinajstić information content (AvgIpc) is 3.13. The van der Waals surface area contributed by atoms with Gasteiger partial charge in [-0.3, -0.25) is 0 Å². The zero-order valence-corrected chi connectivity index (χ0v) is 33.1. The first-order chi connectivity index (χ1) is 25.8. The molecule has 0 radical (unpaired) electrons. The second-order valence-corrected chi connectivity index (χ2v) is 15.0. The smallest absolute Gasteiger partial charge is 0.333 e. The number of hydrogen-bond acceptors (Lipinski definition) is 5. The fourth-order valence-electron chi connectivity index (χ4n) is 7.55. The SMILES string of the molecule is C=C(C)C(=O)OC(C)C(C)Nc1ccc(C(c2ccc(Nc3c(C)cc(C)cc3C)cc2)c2ccc(Nc3c(C)cc(C)cc3C)cc2)c2ccccc12. The molecule has 0 aromatic heterocycles. The van der Waals surface area contributed by atoms with Gasteiger partial charge < -0.3 is 20.7 Å². The first-order valence-electron chi connectivity index (χ1n) is 18.8. The van der Waals surface area contributed by atoms with Gasteiger partial charge in [0.2, 0.25) is 0 Å². The third-order valence-electron chi connectivity index (χ3n) is 10.4. The van der Waals surface area contributed by atoms with Crippen molar-refractivity contribution in [2.45, 2.75) is 80.4 Å². The summed E-state index contributed by atoms with van der Waals surface area (Å²) >= 11 is 0. The molecule has 6 aromatic rings. The number of aryl methyl sites for hydroxylation is 6. The number of rotatable bonds is 12. The molecular formula is C49H53N3O2. The van der Waals surface area contributed by atoms with Crippen LogP contribution in [0.15, 0.2) is 121 Å². The average molecular weight is 716 g/mol. The summed E-state index contributed by atoms with van der Waals surface area (Å²) in [4.78, 5) is 12.3. The Morgan fingerprint density at radius 1 is 0.611 bits per heavy atom. The fraction of sp³-hybridized carbons (Fsp3) is 0.245. The summed E-state index contributed by atoms with van der Waals surface area (Å²) in [6.07, 6.45) is -0.348. The molecule has 0 amide bonds. The Morgan fingerprint density at radius 2 is 1.06 bits per heavy atom. The lowest BCUT2D eigenvalue weighted by Crippen LogP contribution is -2.32. The van der Waals surface area contributed by atoms with Gasteiger partial charge in [0.05, 0.1) is 6.04 Å². The van der Waals surface area contributed by atoms with Gasteiger partial charge >= 0.3 is 5.97 Å². The summed E-state index contributed by atoms with van der Waals surface area (Å²) in [5.41, 5.74) is 16.9. The van der Waals surface area contributed by atoms with Crippen molar-refractivity contribution < 1.29 is 9.53 Å². The summed E-state index contributed by atoms with van der Waals surface area (Å²) in [6, 6.07) is 39.4. The van der Waals surface area contributed by atoms with Crippen molar-refractivity contribution in [3.63, 3.8) is 0 Å². The van der Waals surface area contributed by atoms with Crippen LogP contribution in [0.1, 0.15) is 76.8 Å². The monoisotopic (exact) mass is 715 g/mol. The summed E-state index contributed by atoms with van der Waals surface area (Å²) in [6.45, 7) is 22.3. The molecule has 3 N–H and O–H groups in total. The Hall–Kier alpha value is -5.81. The van der Waals surface area contributed by atoms with Crippen molar-refractivity contribution in [3.05, 3.63) is 171 Å².